The lowest BCUT2D eigenvalue weighted by molar-refractivity contribution is 0.898. The van der Waals surface area contributed by atoms with Crippen LogP contribution in [-0.2, 0) is 0 Å². The van der Waals surface area contributed by atoms with Crippen molar-refractivity contribution in [3.05, 3.63) is 65.3 Å². The second-order valence-corrected chi connectivity index (χ2v) is 4.55. The highest BCUT2D eigenvalue weighted by Crippen LogP contribution is 2.18. The predicted octanol–water partition coefficient (Wildman–Crippen LogP) is 2.26. The molecule has 96 valence electrons. The first kappa shape index (κ1) is 10.9. The van der Waals surface area contributed by atoms with Crippen molar-refractivity contribution < 1.29 is 0 Å². The van der Waals surface area contributed by atoms with Crippen LogP contribution in [0, 0.1) is 0 Å². The van der Waals surface area contributed by atoms with Gasteiger partial charge in [0.25, 0.3) is 5.56 Å². The molecule has 0 spiro atoms. The molecular weight excluding hydrogens is 252 g/mol. The molecule has 3 aromatic heterocycles. The molecular formula is C15H10N4O. The lowest BCUT2D eigenvalue weighted by Crippen LogP contribution is -2.06. The van der Waals surface area contributed by atoms with Crippen molar-refractivity contribution in [2.24, 2.45) is 0 Å². The van der Waals surface area contributed by atoms with E-state index in [2.05, 4.69) is 15.1 Å². The summed E-state index contributed by atoms with van der Waals surface area (Å²) in [6.45, 7) is 0. The summed E-state index contributed by atoms with van der Waals surface area (Å²) in [4.78, 5) is 18.9. The average Bonchev–Trinajstić information content (AvgIpc) is 2.91. The average molecular weight is 262 g/mol. The Balaban J connectivity index is 2.03. The fraction of sp³-hybridized carbons (Fsp3) is 0. The second kappa shape index (κ2) is 4.03. The minimum atomic E-state index is -0.103. The van der Waals surface area contributed by atoms with Crippen LogP contribution in [-0.4, -0.2) is 19.7 Å². The molecule has 0 fully saturated rings. The summed E-state index contributed by atoms with van der Waals surface area (Å²) in [5.41, 5.74) is 1.50. The summed E-state index contributed by atoms with van der Waals surface area (Å²) >= 11 is 0. The largest absolute Gasteiger partial charge is 0.329 e. The SMILES string of the molecule is O=c1[nH]ccc2ccc(-n3ncc4cccnc43)cc12. The van der Waals surface area contributed by atoms with Gasteiger partial charge in [-0.05, 0) is 35.7 Å². The summed E-state index contributed by atoms with van der Waals surface area (Å²) < 4.78 is 1.74. The molecule has 0 saturated carbocycles. The molecule has 0 atom stereocenters. The Morgan fingerprint density at radius 1 is 1.10 bits per heavy atom. The van der Waals surface area contributed by atoms with Crippen molar-refractivity contribution in [3.63, 3.8) is 0 Å². The van der Waals surface area contributed by atoms with Gasteiger partial charge < -0.3 is 4.98 Å². The van der Waals surface area contributed by atoms with Crippen LogP contribution in [0.2, 0.25) is 0 Å². The molecule has 0 unspecified atom stereocenters. The van der Waals surface area contributed by atoms with E-state index in [9.17, 15) is 4.79 Å². The van der Waals surface area contributed by atoms with E-state index in [1.165, 1.54) is 0 Å². The van der Waals surface area contributed by atoms with E-state index in [1.54, 1.807) is 23.3 Å². The number of aromatic amines is 1. The van der Waals surface area contributed by atoms with Gasteiger partial charge in [-0.2, -0.15) is 5.10 Å². The van der Waals surface area contributed by atoms with Crippen LogP contribution in [0.5, 0.6) is 0 Å². The summed E-state index contributed by atoms with van der Waals surface area (Å²) in [7, 11) is 0. The predicted molar refractivity (Wildman–Crippen MR) is 77.0 cm³/mol. The second-order valence-electron chi connectivity index (χ2n) is 4.55. The quantitative estimate of drug-likeness (QED) is 0.572. The fourth-order valence-corrected chi connectivity index (χ4v) is 2.35. The normalized spacial score (nSPS) is 11.2. The van der Waals surface area contributed by atoms with E-state index in [1.807, 2.05) is 36.4 Å². The third-order valence-electron chi connectivity index (χ3n) is 3.33. The first-order valence-corrected chi connectivity index (χ1v) is 6.23. The van der Waals surface area contributed by atoms with E-state index < -0.39 is 0 Å². The first-order chi connectivity index (χ1) is 9.83. The van der Waals surface area contributed by atoms with Gasteiger partial charge in [0.15, 0.2) is 5.65 Å². The third kappa shape index (κ3) is 1.53. The molecule has 1 N–H and O–H groups in total. The summed E-state index contributed by atoms with van der Waals surface area (Å²) in [5.74, 6) is 0. The summed E-state index contributed by atoms with van der Waals surface area (Å²) in [6, 6.07) is 11.4. The van der Waals surface area contributed by atoms with Crippen LogP contribution in [0.1, 0.15) is 0 Å². The molecule has 0 radical (unpaired) electrons. The Hall–Kier alpha value is -2.95. The van der Waals surface area contributed by atoms with Gasteiger partial charge in [-0.3, -0.25) is 4.79 Å². The minimum Gasteiger partial charge on any atom is -0.329 e. The molecule has 20 heavy (non-hydrogen) atoms. The van der Waals surface area contributed by atoms with Gasteiger partial charge in [0.2, 0.25) is 0 Å². The maximum Gasteiger partial charge on any atom is 0.255 e. The van der Waals surface area contributed by atoms with Crippen LogP contribution in [0.3, 0.4) is 0 Å². The van der Waals surface area contributed by atoms with E-state index >= 15 is 0 Å². The van der Waals surface area contributed by atoms with Crippen LogP contribution >= 0.6 is 0 Å². The van der Waals surface area contributed by atoms with Crippen LogP contribution in [0.15, 0.2) is 59.8 Å². The van der Waals surface area contributed by atoms with E-state index in [0.717, 1.165) is 22.1 Å². The van der Waals surface area contributed by atoms with Gasteiger partial charge in [-0.1, -0.05) is 6.07 Å². The highest BCUT2D eigenvalue weighted by Gasteiger charge is 2.07. The van der Waals surface area contributed by atoms with Crippen LogP contribution < -0.4 is 5.56 Å². The molecule has 0 aliphatic heterocycles. The first-order valence-electron chi connectivity index (χ1n) is 6.23. The smallest absolute Gasteiger partial charge is 0.255 e. The molecule has 5 nitrogen and oxygen atoms in total. The Bertz CT molecular complexity index is 984. The number of benzene rings is 1. The van der Waals surface area contributed by atoms with Gasteiger partial charge in [0.05, 0.1) is 11.9 Å². The van der Waals surface area contributed by atoms with Gasteiger partial charge in [0.1, 0.15) is 0 Å². The maximum atomic E-state index is 11.9. The minimum absolute atomic E-state index is 0.103. The number of H-pyrrole nitrogens is 1. The Morgan fingerprint density at radius 2 is 2.05 bits per heavy atom. The number of nitrogens with one attached hydrogen (secondary N) is 1. The number of hydrogen-bond acceptors (Lipinski definition) is 3. The molecule has 3 heterocycles. The van der Waals surface area contributed by atoms with E-state index in [4.69, 9.17) is 0 Å². The number of hydrogen-bond donors (Lipinski definition) is 1. The van der Waals surface area contributed by atoms with Crippen LogP contribution in [0.25, 0.3) is 27.5 Å². The molecule has 1 aromatic carbocycles. The summed E-state index contributed by atoms with van der Waals surface area (Å²) in [5, 5.41) is 6.86. The van der Waals surface area contributed by atoms with E-state index in [-0.39, 0.29) is 5.56 Å². The lowest BCUT2D eigenvalue weighted by Gasteiger charge is -2.04. The third-order valence-corrected chi connectivity index (χ3v) is 3.33. The van der Waals surface area contributed by atoms with Crippen LogP contribution in [0.4, 0.5) is 0 Å². The standard InChI is InChI=1S/C15H10N4O/c20-15-13-8-12(4-3-10(13)5-7-17-15)19-14-11(9-18-19)2-1-6-16-14/h1-9H,(H,17,20). The molecule has 4 rings (SSSR count). The number of rotatable bonds is 1. The van der Waals surface area contributed by atoms with Gasteiger partial charge in [-0.15, -0.1) is 0 Å². The van der Waals surface area contributed by atoms with Gasteiger partial charge in [0, 0.05) is 23.2 Å². The molecule has 0 aliphatic carbocycles. The number of pyridine rings is 2. The van der Waals surface area contributed by atoms with Gasteiger partial charge >= 0.3 is 0 Å². The maximum absolute atomic E-state index is 11.9. The van der Waals surface area contributed by atoms with Crippen molar-refractivity contribution in [3.8, 4) is 5.69 Å². The van der Waals surface area contributed by atoms with Gasteiger partial charge in [-0.25, -0.2) is 9.67 Å². The van der Waals surface area contributed by atoms with E-state index in [0.29, 0.717) is 5.39 Å². The highest BCUT2D eigenvalue weighted by atomic mass is 16.1. The Morgan fingerprint density at radius 3 is 3.00 bits per heavy atom. The zero-order valence-electron chi connectivity index (χ0n) is 10.4. The van der Waals surface area contributed by atoms with Crippen molar-refractivity contribution in [2.75, 3.05) is 0 Å². The highest BCUT2D eigenvalue weighted by molar-refractivity contribution is 5.84. The Kier molecular flexibility index (Phi) is 2.20. The zero-order valence-corrected chi connectivity index (χ0v) is 10.4. The number of fused-ring (bicyclic) bond motifs is 2. The zero-order chi connectivity index (χ0) is 13.5. The van der Waals surface area contributed by atoms with Crippen molar-refractivity contribution in [2.45, 2.75) is 0 Å². The topological polar surface area (TPSA) is 63.6 Å². The monoisotopic (exact) mass is 262 g/mol. The number of nitrogens with zero attached hydrogens (tertiary/aromatic N) is 3. The lowest BCUT2D eigenvalue weighted by atomic mass is 10.1. The molecule has 0 bridgehead atoms. The fourth-order valence-electron chi connectivity index (χ4n) is 2.35. The molecule has 0 aliphatic rings. The van der Waals surface area contributed by atoms with Crippen molar-refractivity contribution in [1.29, 1.82) is 0 Å². The number of aromatic nitrogens is 4. The Labute approximate surface area is 113 Å². The molecule has 4 aromatic rings. The van der Waals surface area contributed by atoms with Crippen molar-refractivity contribution >= 4 is 21.8 Å². The molecule has 0 saturated heterocycles. The molecule has 0 amide bonds. The summed E-state index contributed by atoms with van der Waals surface area (Å²) in [6.07, 6.45) is 5.14. The van der Waals surface area contributed by atoms with Crippen molar-refractivity contribution in [1.82, 2.24) is 19.7 Å². The molecule has 5 heteroatoms.